The Balaban J connectivity index is 1.16. The third kappa shape index (κ3) is 4.32. The molecule has 208 valence electrons. The number of aryl methyl sites for hydroxylation is 1. The van der Waals surface area contributed by atoms with E-state index in [-0.39, 0.29) is 46.8 Å². The van der Waals surface area contributed by atoms with Crippen LogP contribution in [0, 0.1) is 30.6 Å². The van der Waals surface area contributed by atoms with Crippen molar-refractivity contribution in [2.24, 2.45) is 23.7 Å². The number of imide groups is 1. The molecular formula is C34H25ClN2O5. The zero-order valence-corrected chi connectivity index (χ0v) is 23.4. The van der Waals surface area contributed by atoms with Crippen LogP contribution >= 0.6 is 11.6 Å². The number of hydrogen-bond donors (Lipinski definition) is 0. The first-order chi connectivity index (χ1) is 20.3. The maximum absolute atomic E-state index is 13.3. The predicted molar refractivity (Wildman–Crippen MR) is 158 cm³/mol. The number of ketones is 1. The largest absolute Gasteiger partial charge is 0.454 e. The second kappa shape index (κ2) is 10.0. The number of carbonyl (C=O) groups excluding carboxylic acids is 4. The van der Waals surface area contributed by atoms with Gasteiger partial charge in [0.05, 0.1) is 34.3 Å². The lowest BCUT2D eigenvalue weighted by molar-refractivity contribution is -0.123. The van der Waals surface area contributed by atoms with Crippen LogP contribution in [0.4, 0.5) is 5.69 Å². The third-order valence-corrected chi connectivity index (χ3v) is 8.83. The number of esters is 1. The lowest BCUT2D eigenvalue weighted by Gasteiger charge is -2.17. The van der Waals surface area contributed by atoms with Crippen molar-refractivity contribution in [1.82, 2.24) is 4.98 Å². The number of fused-ring (bicyclic) bond motifs is 6. The Morgan fingerprint density at radius 2 is 1.57 bits per heavy atom. The molecule has 4 atom stereocenters. The van der Waals surface area contributed by atoms with Gasteiger partial charge in [0.15, 0.2) is 12.4 Å². The van der Waals surface area contributed by atoms with Crippen LogP contribution in [0.15, 0.2) is 84.9 Å². The Hall–Kier alpha value is -4.62. The maximum Gasteiger partial charge on any atom is 0.339 e. The highest BCUT2D eigenvalue weighted by Gasteiger charge is 2.59. The quantitative estimate of drug-likeness (QED) is 0.117. The van der Waals surface area contributed by atoms with Crippen LogP contribution in [0.1, 0.15) is 32.7 Å². The molecule has 7 nitrogen and oxygen atoms in total. The summed E-state index contributed by atoms with van der Waals surface area (Å²) in [5.41, 5.74) is 3.92. The van der Waals surface area contributed by atoms with Crippen molar-refractivity contribution >= 4 is 51.8 Å². The van der Waals surface area contributed by atoms with Crippen LogP contribution in [0.3, 0.4) is 0 Å². The van der Waals surface area contributed by atoms with Crippen molar-refractivity contribution in [3.8, 4) is 11.3 Å². The molecule has 2 bridgehead atoms. The number of rotatable bonds is 6. The number of carbonyl (C=O) groups is 4. The number of ether oxygens (including phenoxy) is 1. The molecule has 2 aliphatic carbocycles. The van der Waals surface area contributed by atoms with Crippen LogP contribution in [-0.4, -0.2) is 35.2 Å². The molecule has 2 fully saturated rings. The Kier molecular flexibility index (Phi) is 6.28. The SMILES string of the molecule is Cc1ccc(C(=O)COC(=O)c2cc(-c3ccc(N4C(=O)C5C6C=CC(C6)C5C4=O)cc3)nc3ccc(Cl)cc23)cc1. The number of anilines is 1. The molecule has 4 unspecified atom stereocenters. The van der Waals surface area contributed by atoms with Gasteiger partial charge in [-0.15, -0.1) is 0 Å². The van der Waals surface area contributed by atoms with E-state index in [1.54, 1.807) is 60.7 Å². The van der Waals surface area contributed by atoms with Gasteiger partial charge in [-0.1, -0.05) is 65.7 Å². The molecule has 42 heavy (non-hydrogen) atoms. The summed E-state index contributed by atoms with van der Waals surface area (Å²) in [4.78, 5) is 58.4. The summed E-state index contributed by atoms with van der Waals surface area (Å²) in [6, 6.07) is 20.7. The molecule has 0 spiro atoms. The molecule has 2 amide bonds. The van der Waals surface area contributed by atoms with Gasteiger partial charge in [0, 0.05) is 21.5 Å². The van der Waals surface area contributed by atoms with Gasteiger partial charge in [0.1, 0.15) is 0 Å². The zero-order chi connectivity index (χ0) is 29.1. The van der Waals surface area contributed by atoms with Gasteiger partial charge in [-0.25, -0.2) is 9.78 Å². The molecule has 1 aliphatic heterocycles. The predicted octanol–water partition coefficient (Wildman–Crippen LogP) is 6.21. The van der Waals surface area contributed by atoms with E-state index in [9.17, 15) is 19.2 Å². The smallest absolute Gasteiger partial charge is 0.339 e. The molecule has 0 radical (unpaired) electrons. The van der Waals surface area contributed by atoms with Crippen molar-refractivity contribution in [2.45, 2.75) is 13.3 Å². The fraction of sp³-hybridized carbons (Fsp3) is 0.206. The fourth-order valence-electron chi connectivity index (χ4n) is 6.48. The summed E-state index contributed by atoms with van der Waals surface area (Å²) in [5, 5.41) is 0.929. The standard InChI is InChI=1S/C34H25ClN2O5/c1-18-2-4-20(5-3-18)29(38)17-42-34(41)26-16-28(36-27-13-10-23(35)15-25(26)27)19-8-11-24(12-9-19)37-32(39)30-21-6-7-22(14-21)31(30)33(37)40/h2-13,15-16,21-22,30-31H,14,17H2,1H3. The van der Waals surface area contributed by atoms with E-state index in [0.29, 0.717) is 38.4 Å². The van der Waals surface area contributed by atoms with E-state index in [4.69, 9.17) is 21.3 Å². The number of allylic oxidation sites excluding steroid dienone is 2. The number of halogens is 1. The molecule has 8 heteroatoms. The number of benzene rings is 3. The summed E-state index contributed by atoms with van der Waals surface area (Å²) in [6.45, 7) is 1.52. The maximum atomic E-state index is 13.3. The molecule has 7 rings (SSSR count). The van der Waals surface area contributed by atoms with E-state index < -0.39 is 12.6 Å². The van der Waals surface area contributed by atoms with Gasteiger partial charge >= 0.3 is 5.97 Å². The number of amides is 2. The molecule has 3 aliphatic rings. The second-order valence-corrected chi connectivity index (χ2v) is 11.6. The summed E-state index contributed by atoms with van der Waals surface area (Å²) < 4.78 is 5.44. The molecule has 1 saturated heterocycles. The van der Waals surface area contributed by atoms with E-state index in [2.05, 4.69) is 12.2 Å². The van der Waals surface area contributed by atoms with Crippen molar-refractivity contribution in [2.75, 3.05) is 11.5 Å². The van der Waals surface area contributed by atoms with Crippen LogP contribution in [-0.2, 0) is 14.3 Å². The van der Waals surface area contributed by atoms with Gasteiger partial charge in [0.25, 0.3) is 0 Å². The average molecular weight is 577 g/mol. The fourth-order valence-corrected chi connectivity index (χ4v) is 6.66. The molecule has 1 saturated carbocycles. The van der Waals surface area contributed by atoms with E-state index in [1.807, 2.05) is 19.1 Å². The summed E-state index contributed by atoms with van der Waals surface area (Å²) in [6.07, 6.45) is 5.02. The summed E-state index contributed by atoms with van der Waals surface area (Å²) in [5.74, 6) is -1.52. The Labute approximate surface area is 246 Å². The number of aromatic nitrogens is 1. The van der Waals surface area contributed by atoms with Crippen molar-refractivity contribution in [3.63, 3.8) is 0 Å². The number of hydrogen-bond acceptors (Lipinski definition) is 6. The molecule has 2 heterocycles. The first kappa shape index (κ1) is 26.3. The minimum absolute atomic E-state index is 0.138. The van der Waals surface area contributed by atoms with Gasteiger partial charge in [-0.3, -0.25) is 19.3 Å². The van der Waals surface area contributed by atoms with Crippen molar-refractivity contribution in [3.05, 3.63) is 107 Å². The lowest BCUT2D eigenvalue weighted by atomic mass is 9.85. The van der Waals surface area contributed by atoms with Gasteiger partial charge in [-0.2, -0.15) is 0 Å². The number of nitrogens with zero attached hydrogens (tertiary/aromatic N) is 2. The van der Waals surface area contributed by atoms with Crippen molar-refractivity contribution in [1.29, 1.82) is 0 Å². The van der Waals surface area contributed by atoms with Crippen LogP contribution in [0.5, 0.6) is 0 Å². The van der Waals surface area contributed by atoms with E-state index >= 15 is 0 Å². The minimum atomic E-state index is -0.675. The number of pyridine rings is 1. The lowest BCUT2D eigenvalue weighted by Crippen LogP contribution is -2.32. The molecule has 1 aromatic heterocycles. The van der Waals surface area contributed by atoms with Crippen LogP contribution in [0.25, 0.3) is 22.2 Å². The van der Waals surface area contributed by atoms with Crippen molar-refractivity contribution < 1.29 is 23.9 Å². The highest BCUT2D eigenvalue weighted by molar-refractivity contribution is 6.31. The second-order valence-electron chi connectivity index (χ2n) is 11.1. The Morgan fingerprint density at radius 1 is 0.905 bits per heavy atom. The highest BCUT2D eigenvalue weighted by atomic mass is 35.5. The summed E-state index contributed by atoms with van der Waals surface area (Å²) >= 11 is 6.24. The van der Waals surface area contributed by atoms with E-state index in [1.165, 1.54) is 4.90 Å². The number of Topliss-reactive ketones (excluding diaryl/α,β-unsaturated/α-hetero) is 1. The van der Waals surface area contributed by atoms with Gasteiger partial charge in [-0.05, 0) is 61.6 Å². The molecule has 3 aromatic carbocycles. The van der Waals surface area contributed by atoms with E-state index in [0.717, 1.165) is 12.0 Å². The Morgan fingerprint density at radius 3 is 2.24 bits per heavy atom. The molecule has 0 N–H and O–H groups in total. The zero-order valence-electron chi connectivity index (χ0n) is 22.6. The van der Waals surface area contributed by atoms with Crippen LogP contribution < -0.4 is 4.90 Å². The normalized spacial score (nSPS) is 22.2. The van der Waals surface area contributed by atoms with Gasteiger partial charge < -0.3 is 4.74 Å². The van der Waals surface area contributed by atoms with Gasteiger partial charge in [0.2, 0.25) is 11.8 Å². The summed E-state index contributed by atoms with van der Waals surface area (Å²) in [7, 11) is 0. The average Bonchev–Trinajstić information content (AvgIpc) is 3.69. The first-order valence-corrected chi connectivity index (χ1v) is 14.2. The molecular weight excluding hydrogens is 552 g/mol. The van der Waals surface area contributed by atoms with Crippen LogP contribution in [0.2, 0.25) is 5.02 Å². The third-order valence-electron chi connectivity index (χ3n) is 8.59. The molecule has 4 aromatic rings. The minimum Gasteiger partial charge on any atom is -0.454 e. The Bertz CT molecular complexity index is 1800. The highest BCUT2D eigenvalue weighted by Crippen LogP contribution is 2.53. The monoisotopic (exact) mass is 576 g/mol. The topological polar surface area (TPSA) is 93.6 Å². The first-order valence-electron chi connectivity index (χ1n) is 13.8.